The van der Waals surface area contributed by atoms with Crippen LogP contribution in [0.4, 0.5) is 16.2 Å². The number of hydrogen-bond donors (Lipinski definition) is 1. The molecule has 0 fully saturated rings. The molecule has 1 aromatic carbocycles. The summed E-state index contributed by atoms with van der Waals surface area (Å²) in [5, 5.41) is 2.82. The second kappa shape index (κ2) is 6.55. The largest absolute Gasteiger partial charge is 0.443 e. The Morgan fingerprint density at radius 1 is 1.24 bits per heavy atom. The predicted molar refractivity (Wildman–Crippen MR) is 94.4 cm³/mol. The number of nitrogens with zero attached hydrogens (tertiary/aromatic N) is 2. The molecule has 6 nitrogen and oxygen atoms in total. The van der Waals surface area contributed by atoms with Crippen LogP contribution in [0.3, 0.4) is 0 Å². The third-order valence-corrected chi connectivity index (χ3v) is 3.68. The molecule has 0 saturated carbocycles. The van der Waals surface area contributed by atoms with Crippen molar-refractivity contribution in [3.63, 3.8) is 0 Å². The molecule has 1 aliphatic heterocycles. The maximum absolute atomic E-state index is 12.4. The number of ether oxygens (including phenoxy) is 1. The van der Waals surface area contributed by atoms with Gasteiger partial charge in [-0.2, -0.15) is 4.57 Å². The topological polar surface area (TPSA) is 62.5 Å². The van der Waals surface area contributed by atoms with Gasteiger partial charge < -0.3 is 10.1 Å². The smallest absolute Gasteiger partial charge is 0.415 e. The van der Waals surface area contributed by atoms with E-state index in [1.165, 1.54) is 4.90 Å². The zero-order valence-electron chi connectivity index (χ0n) is 14.7. The van der Waals surface area contributed by atoms with Crippen LogP contribution in [0, 0.1) is 0 Å². The minimum Gasteiger partial charge on any atom is -0.443 e. The van der Waals surface area contributed by atoms with Gasteiger partial charge in [0.1, 0.15) is 17.8 Å². The van der Waals surface area contributed by atoms with Gasteiger partial charge in [-0.05, 0) is 20.8 Å². The number of carbonyl (C=O) groups excluding carboxylic acids is 2. The summed E-state index contributed by atoms with van der Waals surface area (Å²) in [6.07, 6.45) is 3.20. The molecule has 1 N–H and O–H groups in total. The second-order valence-electron chi connectivity index (χ2n) is 7.02. The molecule has 2 amide bonds. The zero-order chi connectivity index (χ0) is 18.0. The van der Waals surface area contributed by atoms with E-state index in [-0.39, 0.29) is 12.5 Å². The van der Waals surface area contributed by atoms with Crippen molar-refractivity contribution in [1.82, 2.24) is 0 Å². The Labute approximate surface area is 147 Å². The first-order chi connectivity index (χ1) is 11.8. The fourth-order valence-electron chi connectivity index (χ4n) is 2.65. The third-order valence-electron chi connectivity index (χ3n) is 3.68. The first-order valence-corrected chi connectivity index (χ1v) is 8.19. The summed E-state index contributed by atoms with van der Waals surface area (Å²) in [6, 6.07) is 11.8. The maximum atomic E-state index is 12.4. The van der Waals surface area contributed by atoms with Crippen molar-refractivity contribution < 1.29 is 18.9 Å². The first kappa shape index (κ1) is 17.0. The van der Waals surface area contributed by atoms with Crippen molar-refractivity contribution in [2.45, 2.75) is 32.9 Å². The molecule has 0 radical (unpaired) electrons. The van der Waals surface area contributed by atoms with E-state index in [1.807, 2.05) is 53.4 Å². The Morgan fingerprint density at radius 2 is 1.96 bits per heavy atom. The van der Waals surface area contributed by atoms with E-state index in [0.717, 1.165) is 5.56 Å². The minimum atomic E-state index is -0.618. The molecule has 3 rings (SSSR count). The van der Waals surface area contributed by atoms with Crippen LogP contribution >= 0.6 is 0 Å². The number of nitrogens with one attached hydrogen (secondary N) is 1. The average Bonchev–Trinajstić information content (AvgIpc) is 2.53. The summed E-state index contributed by atoms with van der Waals surface area (Å²) in [5.41, 5.74) is 1.77. The van der Waals surface area contributed by atoms with Gasteiger partial charge in [-0.25, -0.2) is 4.79 Å². The van der Waals surface area contributed by atoms with Gasteiger partial charge in [-0.15, -0.1) is 0 Å². The Hall–Kier alpha value is -2.89. The van der Waals surface area contributed by atoms with E-state index in [2.05, 4.69) is 5.32 Å². The van der Waals surface area contributed by atoms with Crippen LogP contribution in [-0.4, -0.2) is 24.1 Å². The molecular weight excluding hydrogens is 318 g/mol. The fraction of sp³-hybridized carbons (Fsp3) is 0.316. The lowest BCUT2D eigenvalue weighted by atomic mass is 10.2. The molecule has 130 valence electrons. The monoisotopic (exact) mass is 340 g/mol. The fourth-order valence-corrected chi connectivity index (χ4v) is 2.65. The van der Waals surface area contributed by atoms with Crippen molar-refractivity contribution in [1.29, 1.82) is 0 Å². The van der Waals surface area contributed by atoms with Crippen molar-refractivity contribution >= 4 is 23.4 Å². The van der Waals surface area contributed by atoms with Gasteiger partial charge in [0, 0.05) is 11.6 Å². The highest BCUT2D eigenvalue weighted by Crippen LogP contribution is 2.29. The zero-order valence-corrected chi connectivity index (χ0v) is 14.7. The number of aromatic nitrogens is 1. The highest BCUT2D eigenvalue weighted by atomic mass is 16.6. The van der Waals surface area contributed by atoms with E-state index in [0.29, 0.717) is 17.9 Å². The average molecular weight is 340 g/mol. The molecule has 25 heavy (non-hydrogen) atoms. The second-order valence-corrected chi connectivity index (χ2v) is 7.02. The molecule has 0 spiro atoms. The lowest BCUT2D eigenvalue weighted by Crippen LogP contribution is -2.46. The lowest BCUT2D eigenvalue weighted by molar-refractivity contribution is -0.687. The summed E-state index contributed by atoms with van der Waals surface area (Å²) >= 11 is 0. The van der Waals surface area contributed by atoms with Crippen molar-refractivity contribution in [3.05, 3.63) is 54.4 Å². The van der Waals surface area contributed by atoms with E-state index in [9.17, 15) is 9.59 Å². The highest BCUT2D eigenvalue weighted by Gasteiger charge is 2.32. The summed E-state index contributed by atoms with van der Waals surface area (Å²) < 4.78 is 7.37. The first-order valence-electron chi connectivity index (χ1n) is 8.19. The molecule has 0 saturated heterocycles. The normalized spacial score (nSPS) is 13.9. The van der Waals surface area contributed by atoms with Crippen LogP contribution in [0.1, 0.15) is 26.3 Å². The highest BCUT2D eigenvalue weighted by molar-refractivity contribution is 6.07. The van der Waals surface area contributed by atoms with Gasteiger partial charge >= 0.3 is 6.09 Å². The van der Waals surface area contributed by atoms with Crippen molar-refractivity contribution in [2.24, 2.45) is 0 Å². The van der Waals surface area contributed by atoms with E-state index in [4.69, 9.17) is 4.74 Å². The maximum Gasteiger partial charge on any atom is 0.415 e. The number of carbonyl (C=O) groups is 2. The SMILES string of the molecule is CC(C)(C)OC(=O)N1CC(=O)Nc2c[n+](Cc3ccccc3)ccc21. The molecule has 0 aliphatic carbocycles. The minimum absolute atomic E-state index is 0.0510. The Bertz CT molecular complexity index is 797. The molecule has 2 aromatic rings. The van der Waals surface area contributed by atoms with Crippen molar-refractivity contribution in [3.8, 4) is 0 Å². The molecule has 0 unspecified atom stereocenters. The van der Waals surface area contributed by atoms with E-state index < -0.39 is 11.7 Å². The van der Waals surface area contributed by atoms with Crippen LogP contribution in [0.2, 0.25) is 0 Å². The molecule has 1 aromatic heterocycles. The number of fused-ring (bicyclic) bond motifs is 1. The molecule has 0 atom stereocenters. The van der Waals surface area contributed by atoms with Gasteiger partial charge in [-0.3, -0.25) is 9.69 Å². The Balaban J connectivity index is 1.86. The number of hydrogen-bond acceptors (Lipinski definition) is 3. The third kappa shape index (κ3) is 4.15. The quantitative estimate of drug-likeness (QED) is 0.855. The summed E-state index contributed by atoms with van der Waals surface area (Å²) in [4.78, 5) is 25.8. The van der Waals surface area contributed by atoms with Gasteiger partial charge in [0.15, 0.2) is 18.9 Å². The van der Waals surface area contributed by atoms with E-state index >= 15 is 0 Å². The predicted octanol–water partition coefficient (Wildman–Crippen LogP) is 2.72. The molecule has 6 heteroatoms. The summed E-state index contributed by atoms with van der Waals surface area (Å²) in [5.74, 6) is -0.240. The Morgan fingerprint density at radius 3 is 2.64 bits per heavy atom. The van der Waals surface area contributed by atoms with Gasteiger partial charge in [-0.1, -0.05) is 30.3 Å². The Kier molecular flexibility index (Phi) is 4.44. The van der Waals surface area contributed by atoms with Crippen LogP contribution in [0.25, 0.3) is 0 Å². The molecule has 0 bridgehead atoms. The molecule has 2 heterocycles. The van der Waals surface area contributed by atoms with Crippen LogP contribution in [0.5, 0.6) is 0 Å². The lowest BCUT2D eigenvalue weighted by Gasteiger charge is -2.30. The van der Waals surface area contributed by atoms with Gasteiger partial charge in [0.25, 0.3) is 0 Å². The number of anilines is 2. The number of rotatable bonds is 2. The molecule has 1 aliphatic rings. The van der Waals surface area contributed by atoms with Gasteiger partial charge in [0.2, 0.25) is 5.91 Å². The van der Waals surface area contributed by atoms with E-state index in [1.54, 1.807) is 20.8 Å². The molecular formula is C19H22N3O3+. The number of amides is 2. The van der Waals surface area contributed by atoms with Crippen LogP contribution < -0.4 is 14.8 Å². The van der Waals surface area contributed by atoms with Crippen LogP contribution in [-0.2, 0) is 16.1 Å². The summed E-state index contributed by atoms with van der Waals surface area (Å²) in [7, 11) is 0. The van der Waals surface area contributed by atoms with Crippen molar-refractivity contribution in [2.75, 3.05) is 16.8 Å². The number of pyridine rings is 1. The van der Waals surface area contributed by atoms with Gasteiger partial charge in [0.05, 0.1) is 5.69 Å². The summed E-state index contributed by atoms with van der Waals surface area (Å²) in [6.45, 7) is 6.03. The van der Waals surface area contributed by atoms with Crippen LogP contribution in [0.15, 0.2) is 48.8 Å². The standard InChI is InChI=1S/C19H21N3O3/c1-19(2,3)25-18(24)22-13-17(23)20-15-12-21(10-9-16(15)22)11-14-7-5-4-6-8-14/h4-10,12H,11,13H2,1-3H3/p+1. The number of benzene rings is 1.